The Morgan fingerprint density at radius 1 is 1.00 bits per heavy atom. The lowest BCUT2D eigenvalue weighted by Crippen LogP contribution is -2.15. The Kier molecular flexibility index (Phi) is 5.94. The highest BCUT2D eigenvalue weighted by atomic mass is 16.5. The third kappa shape index (κ3) is 4.14. The molecule has 1 heterocycles. The molecule has 0 fully saturated rings. The van der Waals surface area contributed by atoms with E-state index in [1.807, 2.05) is 50.2 Å². The van der Waals surface area contributed by atoms with E-state index in [1.165, 1.54) is 0 Å². The number of ether oxygens (including phenoxy) is 1. The minimum absolute atomic E-state index is 0.0183. The van der Waals surface area contributed by atoms with Crippen molar-refractivity contribution in [3.63, 3.8) is 0 Å². The molecule has 1 aromatic heterocycles. The van der Waals surface area contributed by atoms with Gasteiger partial charge in [0.25, 0.3) is 0 Å². The van der Waals surface area contributed by atoms with Crippen LogP contribution in [-0.4, -0.2) is 29.5 Å². The van der Waals surface area contributed by atoms with E-state index < -0.39 is 0 Å². The summed E-state index contributed by atoms with van der Waals surface area (Å²) in [6, 6.07) is 18.8. The van der Waals surface area contributed by atoms with E-state index in [0.717, 1.165) is 22.8 Å². The first kappa shape index (κ1) is 19.4. The van der Waals surface area contributed by atoms with Gasteiger partial charge in [-0.2, -0.15) is 0 Å². The number of nitrogens with one attached hydrogen (secondary N) is 1. The van der Waals surface area contributed by atoms with Crippen molar-refractivity contribution in [2.24, 2.45) is 0 Å². The molecule has 0 atom stereocenters. The number of hydrogen-bond donors (Lipinski definition) is 1. The number of Topliss-reactive ketones (excluding diaryl/α,β-unsaturated/α-hetero) is 1. The quantitative estimate of drug-likeness (QED) is 0.485. The number of carbonyl (C=O) groups excluding carboxylic acids is 2. The summed E-state index contributed by atoms with van der Waals surface area (Å²) in [4.78, 5) is 24.4. The fraction of sp³-hybridized carbons (Fsp3) is 0.217. The van der Waals surface area contributed by atoms with Crippen molar-refractivity contribution in [3.8, 4) is 5.69 Å². The SMILES string of the molecule is CCOC(=O)c1ccc(NCC(=O)c2cc(C)n(-c3ccccc3)c2C)cc1. The van der Waals surface area contributed by atoms with Crippen LogP contribution in [-0.2, 0) is 4.74 Å². The Labute approximate surface area is 165 Å². The van der Waals surface area contributed by atoms with Crippen molar-refractivity contribution in [3.05, 3.63) is 83.2 Å². The van der Waals surface area contributed by atoms with Gasteiger partial charge in [-0.1, -0.05) is 18.2 Å². The molecule has 0 bridgehead atoms. The molecule has 144 valence electrons. The molecule has 0 saturated carbocycles. The number of para-hydroxylation sites is 1. The summed E-state index contributed by atoms with van der Waals surface area (Å²) in [6.45, 7) is 6.25. The zero-order chi connectivity index (χ0) is 20.1. The summed E-state index contributed by atoms with van der Waals surface area (Å²) in [6.07, 6.45) is 0. The third-order valence-corrected chi connectivity index (χ3v) is 4.60. The Morgan fingerprint density at radius 3 is 2.32 bits per heavy atom. The predicted molar refractivity (Wildman–Crippen MR) is 110 cm³/mol. The van der Waals surface area contributed by atoms with Crippen LogP contribution in [0.15, 0.2) is 60.7 Å². The molecule has 5 nitrogen and oxygen atoms in total. The highest BCUT2D eigenvalue weighted by Gasteiger charge is 2.16. The van der Waals surface area contributed by atoms with Crippen molar-refractivity contribution < 1.29 is 14.3 Å². The van der Waals surface area contributed by atoms with Crippen LogP contribution in [0.25, 0.3) is 5.69 Å². The van der Waals surface area contributed by atoms with Crippen LogP contribution in [0.2, 0.25) is 0 Å². The molecule has 28 heavy (non-hydrogen) atoms. The van der Waals surface area contributed by atoms with Gasteiger partial charge < -0.3 is 14.6 Å². The van der Waals surface area contributed by atoms with Crippen LogP contribution in [0.4, 0.5) is 5.69 Å². The molecular weight excluding hydrogens is 352 g/mol. The molecule has 0 radical (unpaired) electrons. The first-order valence-corrected chi connectivity index (χ1v) is 9.30. The molecule has 1 N–H and O–H groups in total. The molecule has 0 aliphatic heterocycles. The summed E-state index contributed by atoms with van der Waals surface area (Å²) in [5.74, 6) is -0.330. The molecule has 0 aliphatic rings. The molecular formula is C23H24N2O3. The lowest BCUT2D eigenvalue weighted by atomic mass is 10.1. The van der Waals surface area contributed by atoms with Gasteiger partial charge in [0.2, 0.25) is 0 Å². The Bertz CT molecular complexity index is 973. The lowest BCUT2D eigenvalue weighted by molar-refractivity contribution is 0.0526. The fourth-order valence-corrected chi connectivity index (χ4v) is 3.24. The molecule has 2 aromatic carbocycles. The van der Waals surface area contributed by atoms with Gasteiger partial charge in [0, 0.05) is 28.3 Å². The maximum Gasteiger partial charge on any atom is 0.338 e. The van der Waals surface area contributed by atoms with E-state index in [0.29, 0.717) is 17.7 Å². The average Bonchev–Trinajstić information content (AvgIpc) is 3.01. The van der Waals surface area contributed by atoms with Gasteiger partial charge in [-0.05, 0) is 63.2 Å². The number of aryl methyl sites for hydroxylation is 1. The first-order valence-electron chi connectivity index (χ1n) is 9.30. The molecule has 0 amide bonds. The van der Waals surface area contributed by atoms with Crippen LogP contribution in [0.5, 0.6) is 0 Å². The standard InChI is InChI=1S/C23H24N2O3/c1-4-28-23(27)18-10-12-19(13-11-18)24-15-22(26)21-14-16(2)25(17(21)3)20-8-6-5-7-9-20/h5-14,24H,4,15H2,1-3H3. The van der Waals surface area contributed by atoms with Crippen LogP contribution >= 0.6 is 0 Å². The summed E-state index contributed by atoms with van der Waals surface area (Å²) >= 11 is 0. The van der Waals surface area contributed by atoms with E-state index >= 15 is 0 Å². The fourth-order valence-electron chi connectivity index (χ4n) is 3.24. The molecule has 5 heteroatoms. The lowest BCUT2D eigenvalue weighted by Gasteiger charge is -2.10. The van der Waals surface area contributed by atoms with E-state index in [-0.39, 0.29) is 18.3 Å². The second-order valence-corrected chi connectivity index (χ2v) is 6.53. The van der Waals surface area contributed by atoms with E-state index in [9.17, 15) is 9.59 Å². The topological polar surface area (TPSA) is 60.3 Å². The van der Waals surface area contributed by atoms with Crippen molar-refractivity contribution >= 4 is 17.4 Å². The van der Waals surface area contributed by atoms with Crippen LogP contribution in [0.3, 0.4) is 0 Å². The zero-order valence-electron chi connectivity index (χ0n) is 16.4. The van der Waals surface area contributed by atoms with Gasteiger partial charge in [0.1, 0.15) is 0 Å². The number of aromatic nitrogens is 1. The van der Waals surface area contributed by atoms with Crippen LogP contribution in [0.1, 0.15) is 39.0 Å². The minimum atomic E-state index is -0.349. The largest absolute Gasteiger partial charge is 0.462 e. The second kappa shape index (κ2) is 8.57. The van der Waals surface area contributed by atoms with Gasteiger partial charge in [-0.3, -0.25) is 4.79 Å². The monoisotopic (exact) mass is 376 g/mol. The molecule has 3 aromatic rings. The van der Waals surface area contributed by atoms with Gasteiger partial charge in [0.15, 0.2) is 5.78 Å². The first-order chi connectivity index (χ1) is 13.5. The highest BCUT2D eigenvalue weighted by molar-refractivity contribution is 6.00. The Balaban J connectivity index is 1.70. The number of carbonyl (C=O) groups is 2. The van der Waals surface area contributed by atoms with Gasteiger partial charge in [-0.15, -0.1) is 0 Å². The maximum absolute atomic E-state index is 12.7. The number of benzene rings is 2. The number of esters is 1. The smallest absolute Gasteiger partial charge is 0.338 e. The molecule has 3 rings (SSSR count). The Hall–Kier alpha value is -3.34. The van der Waals surface area contributed by atoms with Gasteiger partial charge in [0.05, 0.1) is 18.7 Å². The van der Waals surface area contributed by atoms with Gasteiger partial charge >= 0.3 is 5.97 Å². The average molecular weight is 376 g/mol. The number of rotatable bonds is 7. The highest BCUT2D eigenvalue weighted by Crippen LogP contribution is 2.21. The van der Waals surface area contributed by atoms with Crippen molar-refractivity contribution in [1.82, 2.24) is 4.57 Å². The van der Waals surface area contributed by atoms with Crippen molar-refractivity contribution in [2.75, 3.05) is 18.5 Å². The summed E-state index contributed by atoms with van der Waals surface area (Å²) in [5.41, 5.74) is 4.96. The van der Waals surface area contributed by atoms with Crippen LogP contribution < -0.4 is 5.32 Å². The Morgan fingerprint density at radius 2 is 1.68 bits per heavy atom. The van der Waals surface area contributed by atoms with E-state index in [2.05, 4.69) is 9.88 Å². The van der Waals surface area contributed by atoms with E-state index in [4.69, 9.17) is 4.74 Å². The molecule has 0 unspecified atom stereocenters. The zero-order valence-corrected chi connectivity index (χ0v) is 16.4. The van der Waals surface area contributed by atoms with Crippen molar-refractivity contribution in [1.29, 1.82) is 0 Å². The third-order valence-electron chi connectivity index (χ3n) is 4.60. The molecule has 0 spiro atoms. The summed E-state index contributed by atoms with van der Waals surface area (Å²) in [5, 5.41) is 3.13. The summed E-state index contributed by atoms with van der Waals surface area (Å²) in [7, 11) is 0. The van der Waals surface area contributed by atoms with Crippen LogP contribution in [0, 0.1) is 13.8 Å². The number of ketones is 1. The molecule has 0 aliphatic carbocycles. The maximum atomic E-state index is 12.7. The molecule has 0 saturated heterocycles. The minimum Gasteiger partial charge on any atom is -0.462 e. The number of hydrogen-bond acceptors (Lipinski definition) is 4. The number of anilines is 1. The van der Waals surface area contributed by atoms with Crippen molar-refractivity contribution in [2.45, 2.75) is 20.8 Å². The second-order valence-electron chi connectivity index (χ2n) is 6.53. The summed E-state index contributed by atoms with van der Waals surface area (Å²) < 4.78 is 7.06. The normalized spacial score (nSPS) is 10.5. The van der Waals surface area contributed by atoms with E-state index in [1.54, 1.807) is 31.2 Å². The predicted octanol–water partition coefficient (Wildman–Crippen LogP) is 4.57. The number of nitrogens with zero attached hydrogens (tertiary/aromatic N) is 1. The van der Waals surface area contributed by atoms with Gasteiger partial charge in [-0.25, -0.2) is 4.79 Å².